The number of fused-ring (bicyclic) bond motifs is 1. The van der Waals surface area contributed by atoms with Crippen molar-refractivity contribution in [3.05, 3.63) is 78.1 Å². The Hall–Kier alpha value is -4.10. The number of benzene rings is 2. The summed E-state index contributed by atoms with van der Waals surface area (Å²) in [6, 6.07) is 20.8. The Bertz CT molecular complexity index is 1470. The Balaban J connectivity index is 1.35. The van der Waals surface area contributed by atoms with Crippen LogP contribution in [0.2, 0.25) is 0 Å². The summed E-state index contributed by atoms with van der Waals surface area (Å²) in [5, 5.41) is 34.6. The number of aliphatic hydroxyl groups excluding tert-OH is 2. The van der Waals surface area contributed by atoms with Crippen molar-refractivity contribution in [2.24, 2.45) is 0 Å². The molecule has 226 valence electrons. The molecule has 12 nitrogen and oxygen atoms in total. The number of nitrogens with zero attached hydrogens (tertiary/aromatic N) is 4. The van der Waals surface area contributed by atoms with Crippen molar-refractivity contribution >= 4 is 28.8 Å². The van der Waals surface area contributed by atoms with E-state index in [0.29, 0.717) is 36.0 Å². The Labute approximate surface area is 249 Å². The molecule has 2 aromatic carbocycles. The van der Waals surface area contributed by atoms with Crippen molar-refractivity contribution in [2.75, 3.05) is 36.8 Å². The predicted molar refractivity (Wildman–Crippen MR) is 163 cm³/mol. The van der Waals surface area contributed by atoms with E-state index in [-0.39, 0.29) is 12.0 Å². The van der Waals surface area contributed by atoms with Crippen LogP contribution in [0.15, 0.2) is 67.0 Å². The summed E-state index contributed by atoms with van der Waals surface area (Å²) >= 11 is 0. The van der Waals surface area contributed by atoms with Gasteiger partial charge in [0.1, 0.15) is 12.2 Å². The van der Waals surface area contributed by atoms with Crippen LogP contribution in [0.4, 0.5) is 11.8 Å². The van der Waals surface area contributed by atoms with Gasteiger partial charge in [0.15, 0.2) is 29.3 Å². The van der Waals surface area contributed by atoms with Crippen LogP contribution in [0.1, 0.15) is 43.0 Å². The molecule has 0 saturated carbocycles. The highest BCUT2D eigenvalue weighted by atomic mass is 16.6. The SMILES string of the molecule is CCNC(=O)[C@H]1O[C@@H](n2cnc3c(NCC(c4ccccc4)c4ccccc4)nc(NC4CCNCC4)nc32)[C@H](O)[C@@H]1O. The lowest BCUT2D eigenvalue weighted by atomic mass is 9.91. The molecule has 0 spiro atoms. The fourth-order valence-corrected chi connectivity index (χ4v) is 5.82. The van der Waals surface area contributed by atoms with Gasteiger partial charge in [-0.25, -0.2) is 4.98 Å². The molecule has 1 amide bonds. The van der Waals surface area contributed by atoms with E-state index in [9.17, 15) is 15.0 Å². The highest BCUT2D eigenvalue weighted by molar-refractivity contribution is 5.85. The predicted octanol–water partition coefficient (Wildman–Crippen LogP) is 1.99. The summed E-state index contributed by atoms with van der Waals surface area (Å²) in [4.78, 5) is 26.8. The van der Waals surface area contributed by atoms with Crippen LogP contribution in [0.25, 0.3) is 11.2 Å². The maximum atomic E-state index is 12.5. The first kappa shape index (κ1) is 29.0. The van der Waals surface area contributed by atoms with Crippen molar-refractivity contribution < 1.29 is 19.7 Å². The Morgan fingerprint density at radius 3 is 2.35 bits per heavy atom. The first-order chi connectivity index (χ1) is 21.0. The molecule has 43 heavy (non-hydrogen) atoms. The van der Waals surface area contributed by atoms with Crippen molar-refractivity contribution in [3.63, 3.8) is 0 Å². The molecule has 0 unspecified atom stereocenters. The summed E-state index contributed by atoms with van der Waals surface area (Å²) in [6.45, 7) is 4.50. The van der Waals surface area contributed by atoms with Crippen LogP contribution in [0.3, 0.4) is 0 Å². The third kappa shape index (κ3) is 6.18. The number of carbonyl (C=O) groups excluding carboxylic acids is 1. The number of ether oxygens (including phenoxy) is 1. The smallest absolute Gasteiger partial charge is 0.252 e. The number of carbonyl (C=O) groups is 1. The molecule has 2 aliphatic rings. The lowest BCUT2D eigenvalue weighted by molar-refractivity contribution is -0.137. The molecule has 4 heterocycles. The van der Waals surface area contributed by atoms with Crippen LogP contribution in [0, 0.1) is 0 Å². The molecule has 12 heteroatoms. The van der Waals surface area contributed by atoms with E-state index in [1.165, 1.54) is 6.33 Å². The van der Waals surface area contributed by atoms with Crippen molar-refractivity contribution in [3.8, 4) is 0 Å². The number of likely N-dealkylation sites (N-methyl/N-ethyl adjacent to an activating group) is 1. The summed E-state index contributed by atoms with van der Waals surface area (Å²) in [5.74, 6) is 0.515. The van der Waals surface area contributed by atoms with Gasteiger partial charge < -0.3 is 36.2 Å². The summed E-state index contributed by atoms with van der Waals surface area (Å²) in [7, 11) is 0. The summed E-state index contributed by atoms with van der Waals surface area (Å²) in [5.41, 5.74) is 3.23. The quantitative estimate of drug-likeness (QED) is 0.162. The number of hydrogen-bond donors (Lipinski definition) is 6. The average Bonchev–Trinajstić information content (AvgIpc) is 3.59. The first-order valence-electron chi connectivity index (χ1n) is 14.9. The van der Waals surface area contributed by atoms with Crippen LogP contribution in [-0.2, 0) is 9.53 Å². The average molecular weight is 587 g/mol. The van der Waals surface area contributed by atoms with Gasteiger partial charge in [0.25, 0.3) is 5.91 Å². The molecular weight excluding hydrogens is 548 g/mol. The molecular formula is C31H38N8O4. The molecule has 6 rings (SSSR count). The molecule has 0 bridgehead atoms. The molecule has 2 aliphatic heterocycles. The third-order valence-corrected chi connectivity index (χ3v) is 8.09. The second-order valence-corrected chi connectivity index (χ2v) is 11.0. The lowest BCUT2D eigenvalue weighted by Crippen LogP contribution is -2.42. The van der Waals surface area contributed by atoms with Crippen molar-refractivity contribution in [1.29, 1.82) is 0 Å². The molecule has 6 N–H and O–H groups in total. The Morgan fingerprint density at radius 2 is 1.70 bits per heavy atom. The van der Waals surface area contributed by atoms with E-state index < -0.39 is 30.4 Å². The van der Waals surface area contributed by atoms with Gasteiger partial charge in [-0.05, 0) is 44.0 Å². The zero-order valence-electron chi connectivity index (χ0n) is 24.1. The molecule has 0 radical (unpaired) electrons. The summed E-state index contributed by atoms with van der Waals surface area (Å²) in [6.07, 6.45) is -1.69. The molecule has 2 aromatic heterocycles. The number of piperidine rings is 1. The van der Waals surface area contributed by atoms with Crippen LogP contribution in [-0.4, -0.2) is 86.2 Å². The number of imidazole rings is 1. The number of nitrogens with one attached hydrogen (secondary N) is 4. The minimum Gasteiger partial charge on any atom is -0.387 e. The molecule has 2 fully saturated rings. The van der Waals surface area contributed by atoms with Crippen molar-refractivity contribution in [1.82, 2.24) is 30.2 Å². The van der Waals surface area contributed by atoms with E-state index in [0.717, 1.165) is 37.1 Å². The van der Waals surface area contributed by atoms with E-state index in [4.69, 9.17) is 14.7 Å². The van der Waals surface area contributed by atoms with Gasteiger partial charge in [-0.15, -0.1) is 0 Å². The molecule has 4 atom stereocenters. The number of rotatable bonds is 10. The highest BCUT2D eigenvalue weighted by Crippen LogP contribution is 2.34. The lowest BCUT2D eigenvalue weighted by Gasteiger charge is -2.24. The minimum atomic E-state index is -1.40. The number of hydrogen-bond acceptors (Lipinski definition) is 10. The van der Waals surface area contributed by atoms with E-state index in [1.807, 2.05) is 36.4 Å². The van der Waals surface area contributed by atoms with Gasteiger partial charge in [-0.3, -0.25) is 9.36 Å². The number of aliphatic hydroxyl groups is 2. The fraction of sp³-hybridized carbons (Fsp3) is 0.419. The minimum absolute atomic E-state index is 0.0447. The molecule has 2 saturated heterocycles. The monoisotopic (exact) mass is 586 g/mol. The van der Waals surface area contributed by atoms with Gasteiger partial charge >= 0.3 is 0 Å². The van der Waals surface area contributed by atoms with Gasteiger partial charge in [0.2, 0.25) is 5.95 Å². The third-order valence-electron chi connectivity index (χ3n) is 8.09. The standard InChI is InChI=1S/C31H38N8O4/c1-2-33-29(42)26-24(40)25(41)30(43-26)39-18-35-23-27(37-31(38-28(23)39)36-21-13-15-32-16-14-21)34-17-22(19-9-5-3-6-10-19)20-11-7-4-8-12-20/h3-12,18,21-22,24-26,30,32,40-41H,2,13-17H2,1H3,(H,33,42)(H2,34,36,37,38)/t24-,25+,26-,30+/m0/s1. The first-order valence-corrected chi connectivity index (χ1v) is 14.9. The number of amides is 1. The van der Waals surface area contributed by atoms with E-state index in [2.05, 4.69) is 50.5 Å². The molecule has 0 aliphatic carbocycles. The van der Waals surface area contributed by atoms with Crippen LogP contribution in [0.5, 0.6) is 0 Å². The summed E-state index contributed by atoms with van der Waals surface area (Å²) < 4.78 is 7.46. The second kappa shape index (κ2) is 13.0. The Morgan fingerprint density at radius 1 is 1.02 bits per heavy atom. The topological polar surface area (TPSA) is 158 Å². The van der Waals surface area contributed by atoms with E-state index in [1.54, 1.807) is 11.5 Å². The van der Waals surface area contributed by atoms with Gasteiger partial charge in [-0.2, -0.15) is 9.97 Å². The largest absolute Gasteiger partial charge is 0.387 e. The van der Waals surface area contributed by atoms with Crippen LogP contribution >= 0.6 is 0 Å². The fourth-order valence-electron chi connectivity index (χ4n) is 5.82. The van der Waals surface area contributed by atoms with Crippen molar-refractivity contribution in [2.45, 2.75) is 56.3 Å². The van der Waals surface area contributed by atoms with Gasteiger partial charge in [-0.1, -0.05) is 60.7 Å². The number of aromatic nitrogens is 4. The second-order valence-electron chi connectivity index (χ2n) is 11.0. The van der Waals surface area contributed by atoms with Gasteiger partial charge in [0.05, 0.1) is 6.33 Å². The maximum Gasteiger partial charge on any atom is 0.252 e. The van der Waals surface area contributed by atoms with Gasteiger partial charge in [0, 0.05) is 25.0 Å². The maximum absolute atomic E-state index is 12.5. The van der Waals surface area contributed by atoms with Crippen LogP contribution < -0.4 is 21.3 Å². The van der Waals surface area contributed by atoms with E-state index >= 15 is 0 Å². The zero-order valence-corrected chi connectivity index (χ0v) is 24.1. The number of anilines is 2. The molecule has 4 aromatic rings. The normalized spacial score (nSPS) is 22.6. The Kier molecular flexibility index (Phi) is 8.79. The zero-order chi connectivity index (χ0) is 29.8. The highest BCUT2D eigenvalue weighted by Gasteiger charge is 2.47.